The van der Waals surface area contributed by atoms with Gasteiger partial charge in [-0.2, -0.15) is 0 Å². The number of rotatable bonds is 5. The van der Waals surface area contributed by atoms with E-state index in [0.717, 1.165) is 37.7 Å². The monoisotopic (exact) mass is 267 g/mol. The molecule has 0 aliphatic heterocycles. The summed E-state index contributed by atoms with van der Waals surface area (Å²) in [6.07, 6.45) is 4.65. The van der Waals surface area contributed by atoms with Crippen LogP contribution in [0.25, 0.3) is 0 Å². The second-order valence-electron chi connectivity index (χ2n) is 4.93. The van der Waals surface area contributed by atoms with E-state index in [2.05, 4.69) is 10.8 Å². The number of hydrogen-bond acceptors (Lipinski definition) is 2. The van der Waals surface area contributed by atoms with Gasteiger partial charge in [0, 0.05) is 6.04 Å². The van der Waals surface area contributed by atoms with Crippen LogP contribution in [0.15, 0.2) is 24.3 Å². The van der Waals surface area contributed by atoms with E-state index < -0.39 is 10.0 Å². The number of sulfonamides is 1. The van der Waals surface area contributed by atoms with E-state index >= 15 is 0 Å². The average Bonchev–Trinajstić information content (AvgIpc) is 2.37. The van der Waals surface area contributed by atoms with Crippen LogP contribution < -0.4 is 4.72 Å². The van der Waals surface area contributed by atoms with Gasteiger partial charge in [-0.1, -0.05) is 37.6 Å². The third-order valence-electron chi connectivity index (χ3n) is 3.46. The van der Waals surface area contributed by atoms with E-state index in [0.29, 0.717) is 0 Å². The Morgan fingerprint density at radius 3 is 2.89 bits per heavy atom. The van der Waals surface area contributed by atoms with Gasteiger partial charge in [0.2, 0.25) is 10.0 Å². The first-order valence-corrected chi connectivity index (χ1v) is 8.35. The predicted octanol–water partition coefficient (Wildman–Crippen LogP) is 2.78. The van der Waals surface area contributed by atoms with Gasteiger partial charge >= 0.3 is 0 Å². The van der Waals surface area contributed by atoms with E-state index in [1.54, 1.807) is 0 Å². The fourth-order valence-corrected chi connectivity index (χ4v) is 3.95. The molecule has 0 saturated heterocycles. The predicted molar refractivity (Wildman–Crippen MR) is 74.0 cm³/mol. The largest absolute Gasteiger partial charge is 0.212 e. The third kappa shape index (κ3) is 3.33. The number of aryl methyl sites for hydroxylation is 1. The minimum Gasteiger partial charge on any atom is -0.212 e. The molecule has 4 heteroatoms. The van der Waals surface area contributed by atoms with E-state index in [1.165, 1.54) is 5.56 Å². The maximum absolute atomic E-state index is 12.0. The van der Waals surface area contributed by atoms with Gasteiger partial charge in [-0.25, -0.2) is 13.1 Å². The summed E-state index contributed by atoms with van der Waals surface area (Å²) in [5, 5.41) is 0. The van der Waals surface area contributed by atoms with Gasteiger partial charge < -0.3 is 0 Å². The second kappa shape index (κ2) is 5.85. The molecule has 0 radical (unpaired) electrons. The van der Waals surface area contributed by atoms with Gasteiger partial charge in [0.1, 0.15) is 0 Å². The summed E-state index contributed by atoms with van der Waals surface area (Å²) in [6, 6.07) is 8.12. The van der Waals surface area contributed by atoms with Gasteiger partial charge in [0.05, 0.1) is 5.75 Å². The van der Waals surface area contributed by atoms with E-state index in [1.807, 2.05) is 25.1 Å². The number of benzene rings is 1. The van der Waals surface area contributed by atoms with Crippen molar-refractivity contribution in [1.82, 2.24) is 4.72 Å². The molecule has 0 bridgehead atoms. The topological polar surface area (TPSA) is 46.2 Å². The lowest BCUT2D eigenvalue weighted by Crippen LogP contribution is -2.32. The van der Waals surface area contributed by atoms with Crippen LogP contribution in [0.1, 0.15) is 49.8 Å². The molecular weight excluding hydrogens is 246 g/mol. The Kier molecular flexibility index (Phi) is 4.40. The highest BCUT2D eigenvalue weighted by Gasteiger charge is 2.23. The highest BCUT2D eigenvalue weighted by molar-refractivity contribution is 7.89. The molecule has 3 nitrogen and oxygen atoms in total. The van der Waals surface area contributed by atoms with Crippen LogP contribution in [0.3, 0.4) is 0 Å². The first-order valence-electron chi connectivity index (χ1n) is 6.70. The van der Waals surface area contributed by atoms with Crippen molar-refractivity contribution in [2.24, 2.45) is 0 Å². The van der Waals surface area contributed by atoms with Crippen molar-refractivity contribution in [3.63, 3.8) is 0 Å². The van der Waals surface area contributed by atoms with Gasteiger partial charge in [-0.3, -0.25) is 0 Å². The molecule has 0 amide bonds. The molecule has 1 atom stereocenters. The Labute approximate surface area is 110 Å². The zero-order valence-electron chi connectivity index (χ0n) is 10.9. The lowest BCUT2D eigenvalue weighted by Gasteiger charge is -2.26. The molecule has 1 aromatic rings. The van der Waals surface area contributed by atoms with Crippen molar-refractivity contribution in [2.75, 3.05) is 5.75 Å². The quantitative estimate of drug-likeness (QED) is 0.891. The Bertz CT molecular complexity index is 496. The second-order valence-corrected chi connectivity index (χ2v) is 6.81. The van der Waals surface area contributed by atoms with E-state index in [9.17, 15) is 8.42 Å². The third-order valence-corrected chi connectivity index (χ3v) is 4.93. The average molecular weight is 267 g/mol. The molecular formula is C14H21NO2S. The summed E-state index contributed by atoms with van der Waals surface area (Å²) in [4.78, 5) is 0. The summed E-state index contributed by atoms with van der Waals surface area (Å²) < 4.78 is 26.8. The minimum atomic E-state index is -3.14. The van der Waals surface area contributed by atoms with Gasteiger partial charge in [0.25, 0.3) is 0 Å². The van der Waals surface area contributed by atoms with Crippen molar-refractivity contribution in [3.05, 3.63) is 35.4 Å². The summed E-state index contributed by atoms with van der Waals surface area (Å²) in [6.45, 7) is 2.01. The highest BCUT2D eigenvalue weighted by atomic mass is 32.2. The zero-order chi connectivity index (χ0) is 13.0. The molecule has 0 spiro atoms. The van der Waals surface area contributed by atoms with Crippen LogP contribution in [0.2, 0.25) is 0 Å². The number of nitrogens with one attached hydrogen (secondary N) is 1. The Morgan fingerprint density at radius 1 is 1.33 bits per heavy atom. The van der Waals surface area contributed by atoms with Crippen LogP contribution in [0.4, 0.5) is 0 Å². The Morgan fingerprint density at radius 2 is 2.11 bits per heavy atom. The molecule has 1 aliphatic carbocycles. The fourth-order valence-electron chi connectivity index (χ4n) is 2.49. The van der Waals surface area contributed by atoms with Crippen molar-refractivity contribution in [3.8, 4) is 0 Å². The van der Waals surface area contributed by atoms with Crippen molar-refractivity contribution >= 4 is 10.0 Å². The molecule has 100 valence electrons. The van der Waals surface area contributed by atoms with Crippen LogP contribution >= 0.6 is 0 Å². The minimum absolute atomic E-state index is 0.0307. The molecule has 0 aromatic heterocycles. The number of fused-ring (bicyclic) bond motifs is 1. The molecule has 1 unspecified atom stereocenters. The maximum Gasteiger partial charge on any atom is 0.212 e. The van der Waals surface area contributed by atoms with Crippen LogP contribution in [-0.4, -0.2) is 14.2 Å². The zero-order valence-corrected chi connectivity index (χ0v) is 11.7. The molecule has 2 rings (SSSR count). The van der Waals surface area contributed by atoms with Gasteiger partial charge in [-0.05, 0) is 36.8 Å². The fraction of sp³-hybridized carbons (Fsp3) is 0.571. The van der Waals surface area contributed by atoms with Gasteiger partial charge in [0.15, 0.2) is 0 Å². The first kappa shape index (κ1) is 13.6. The summed E-state index contributed by atoms with van der Waals surface area (Å²) in [5.41, 5.74) is 2.44. The lowest BCUT2D eigenvalue weighted by molar-refractivity contribution is 0.506. The number of unbranched alkanes of at least 4 members (excludes halogenated alkanes) is 1. The standard InChI is InChI=1S/C14H21NO2S/c1-2-3-11-18(16,17)15-14-10-6-8-12-7-4-5-9-13(12)14/h4-5,7,9,14-15H,2-3,6,8,10-11H2,1H3. The van der Waals surface area contributed by atoms with Crippen molar-refractivity contribution in [2.45, 2.75) is 45.1 Å². The molecule has 18 heavy (non-hydrogen) atoms. The molecule has 1 aliphatic rings. The van der Waals surface area contributed by atoms with Crippen molar-refractivity contribution < 1.29 is 8.42 Å². The van der Waals surface area contributed by atoms with Crippen LogP contribution in [-0.2, 0) is 16.4 Å². The molecule has 0 saturated carbocycles. The van der Waals surface area contributed by atoms with Crippen LogP contribution in [0.5, 0.6) is 0 Å². The highest BCUT2D eigenvalue weighted by Crippen LogP contribution is 2.29. The first-order chi connectivity index (χ1) is 8.62. The Hall–Kier alpha value is -0.870. The summed E-state index contributed by atoms with van der Waals surface area (Å²) in [7, 11) is -3.14. The lowest BCUT2D eigenvalue weighted by atomic mass is 9.88. The SMILES string of the molecule is CCCCS(=O)(=O)NC1CCCc2ccccc21. The van der Waals surface area contributed by atoms with Gasteiger partial charge in [-0.15, -0.1) is 0 Å². The maximum atomic E-state index is 12.0. The summed E-state index contributed by atoms with van der Waals surface area (Å²) >= 11 is 0. The smallest absolute Gasteiger partial charge is 0.212 e. The normalized spacial score (nSPS) is 19.5. The van der Waals surface area contributed by atoms with E-state index in [4.69, 9.17) is 0 Å². The molecule has 0 heterocycles. The molecule has 0 fully saturated rings. The number of hydrogen-bond donors (Lipinski definition) is 1. The van der Waals surface area contributed by atoms with Crippen LogP contribution in [0, 0.1) is 0 Å². The van der Waals surface area contributed by atoms with Crippen molar-refractivity contribution in [1.29, 1.82) is 0 Å². The molecule has 1 N–H and O–H groups in total. The summed E-state index contributed by atoms with van der Waals surface area (Å²) in [5.74, 6) is 0.238. The molecule has 1 aromatic carbocycles. The Balaban J connectivity index is 2.12. The van der Waals surface area contributed by atoms with E-state index in [-0.39, 0.29) is 11.8 Å².